The zero-order chi connectivity index (χ0) is 20.6. The molecule has 0 bridgehead atoms. The molecule has 1 heterocycles. The average Bonchev–Trinajstić information content (AvgIpc) is 2.93. The van der Waals surface area contributed by atoms with E-state index in [1.807, 2.05) is 55.6 Å². The van der Waals surface area contributed by atoms with Crippen LogP contribution in [0.5, 0.6) is 0 Å². The maximum absolute atomic E-state index is 13.1. The van der Waals surface area contributed by atoms with Gasteiger partial charge in [-0.25, -0.2) is 4.79 Å². The topological polar surface area (TPSA) is 57.6 Å². The number of urea groups is 1. The molecule has 0 radical (unpaired) electrons. The van der Waals surface area contributed by atoms with E-state index in [1.54, 1.807) is 4.90 Å². The van der Waals surface area contributed by atoms with Gasteiger partial charge in [-0.1, -0.05) is 27.2 Å². The minimum absolute atomic E-state index is 0.00920. The number of aromatic nitrogens is 1. The molecule has 0 fully saturated rings. The van der Waals surface area contributed by atoms with E-state index in [0.717, 1.165) is 18.5 Å². The normalized spacial score (nSPS) is 11.6. The zero-order valence-electron chi connectivity index (χ0n) is 18.2. The van der Waals surface area contributed by atoms with E-state index in [0.29, 0.717) is 25.6 Å². The summed E-state index contributed by atoms with van der Waals surface area (Å²) in [6, 6.07) is 3.84. The highest BCUT2D eigenvalue weighted by molar-refractivity contribution is 5.84. The van der Waals surface area contributed by atoms with Crippen LogP contribution in [0.1, 0.15) is 60.1 Å². The van der Waals surface area contributed by atoms with Gasteiger partial charge in [-0.05, 0) is 45.2 Å². The Morgan fingerprint density at radius 1 is 1.22 bits per heavy atom. The molecular weight excluding hydrogens is 340 g/mol. The fourth-order valence-electron chi connectivity index (χ4n) is 2.82. The number of unbranched alkanes of at least 4 members (excludes halogenated alkanes) is 1. The van der Waals surface area contributed by atoms with Gasteiger partial charge in [-0.3, -0.25) is 4.79 Å². The monoisotopic (exact) mass is 378 g/mol. The molecule has 0 saturated heterocycles. The zero-order valence-corrected chi connectivity index (χ0v) is 18.2. The Morgan fingerprint density at radius 3 is 2.37 bits per heavy atom. The van der Waals surface area contributed by atoms with Gasteiger partial charge in [0.2, 0.25) is 5.91 Å². The second-order valence-corrected chi connectivity index (χ2v) is 8.73. The Morgan fingerprint density at radius 2 is 1.89 bits per heavy atom. The lowest BCUT2D eigenvalue weighted by molar-refractivity contribution is -0.133. The highest BCUT2D eigenvalue weighted by Gasteiger charge is 2.24. The summed E-state index contributed by atoms with van der Waals surface area (Å²) >= 11 is 0. The Hall–Kier alpha value is -1.98. The van der Waals surface area contributed by atoms with Gasteiger partial charge < -0.3 is 19.7 Å². The molecule has 0 saturated carbocycles. The summed E-state index contributed by atoms with van der Waals surface area (Å²) in [5, 5.41) is 2.98. The second kappa shape index (κ2) is 10.4. The molecule has 1 aromatic rings. The second-order valence-electron chi connectivity index (χ2n) is 8.73. The smallest absolute Gasteiger partial charge is 0.318 e. The summed E-state index contributed by atoms with van der Waals surface area (Å²) < 4.78 is 2.03. The van der Waals surface area contributed by atoms with Crippen LogP contribution in [0.4, 0.5) is 4.79 Å². The van der Waals surface area contributed by atoms with Crippen molar-refractivity contribution in [1.82, 2.24) is 19.7 Å². The van der Waals surface area contributed by atoms with Crippen molar-refractivity contribution in [2.75, 3.05) is 19.6 Å². The largest absolute Gasteiger partial charge is 0.353 e. The lowest BCUT2D eigenvalue weighted by Crippen LogP contribution is -2.52. The van der Waals surface area contributed by atoms with E-state index in [9.17, 15) is 9.59 Å². The molecule has 6 heteroatoms. The van der Waals surface area contributed by atoms with Gasteiger partial charge in [0.05, 0.1) is 6.54 Å². The maximum atomic E-state index is 13.1. The number of hydrogen-bond donors (Lipinski definition) is 1. The quantitative estimate of drug-likeness (QED) is 0.713. The number of aryl methyl sites for hydroxylation is 1. The minimum Gasteiger partial charge on any atom is -0.353 e. The molecule has 0 aliphatic heterocycles. The van der Waals surface area contributed by atoms with E-state index in [-0.39, 0.29) is 24.0 Å². The van der Waals surface area contributed by atoms with E-state index < -0.39 is 0 Å². The van der Waals surface area contributed by atoms with Gasteiger partial charge in [0, 0.05) is 37.6 Å². The molecule has 154 valence electrons. The lowest BCUT2D eigenvalue weighted by Gasteiger charge is -2.31. The summed E-state index contributed by atoms with van der Waals surface area (Å²) in [4.78, 5) is 29.2. The van der Waals surface area contributed by atoms with Crippen LogP contribution in [0.25, 0.3) is 0 Å². The van der Waals surface area contributed by atoms with Crippen LogP contribution in [0, 0.1) is 5.92 Å². The van der Waals surface area contributed by atoms with Gasteiger partial charge in [0.1, 0.15) is 6.54 Å². The Balaban J connectivity index is 2.88. The first kappa shape index (κ1) is 23.1. The molecule has 1 aromatic heterocycles. The predicted molar refractivity (Wildman–Crippen MR) is 110 cm³/mol. The Labute approximate surface area is 164 Å². The summed E-state index contributed by atoms with van der Waals surface area (Å²) in [6.45, 7) is 14.1. The number of carbonyl (C=O) groups is 2. The molecule has 1 N–H and O–H groups in total. The van der Waals surface area contributed by atoms with Crippen LogP contribution in [0.3, 0.4) is 0 Å². The maximum Gasteiger partial charge on any atom is 0.318 e. The Kier molecular flexibility index (Phi) is 8.86. The third kappa shape index (κ3) is 8.50. The SMILES string of the molecule is CCCCN(CC(=O)N(Cc1cccn1C)CC(C)C)C(=O)NC(C)(C)C. The number of nitrogens with zero attached hydrogens (tertiary/aromatic N) is 3. The van der Waals surface area contributed by atoms with Crippen molar-refractivity contribution in [3.05, 3.63) is 24.0 Å². The third-order valence-corrected chi connectivity index (χ3v) is 4.22. The number of carbonyl (C=O) groups excluding carboxylic acids is 2. The molecule has 0 aliphatic carbocycles. The molecule has 0 spiro atoms. The van der Waals surface area contributed by atoms with Crippen molar-refractivity contribution in [2.24, 2.45) is 13.0 Å². The van der Waals surface area contributed by atoms with E-state index in [2.05, 4.69) is 26.1 Å². The van der Waals surface area contributed by atoms with Crippen LogP contribution in [-0.2, 0) is 18.4 Å². The van der Waals surface area contributed by atoms with Crippen LogP contribution in [0.2, 0.25) is 0 Å². The van der Waals surface area contributed by atoms with E-state index >= 15 is 0 Å². The summed E-state index contributed by atoms with van der Waals surface area (Å²) in [5.41, 5.74) is 0.758. The molecule has 0 aromatic carbocycles. The summed E-state index contributed by atoms with van der Waals surface area (Å²) in [6.07, 6.45) is 3.84. The predicted octanol–water partition coefficient (Wildman–Crippen LogP) is 3.62. The fourth-order valence-corrected chi connectivity index (χ4v) is 2.82. The van der Waals surface area contributed by atoms with Gasteiger partial charge >= 0.3 is 6.03 Å². The van der Waals surface area contributed by atoms with E-state index in [4.69, 9.17) is 0 Å². The van der Waals surface area contributed by atoms with Gasteiger partial charge in [-0.15, -0.1) is 0 Å². The van der Waals surface area contributed by atoms with Gasteiger partial charge in [0.25, 0.3) is 0 Å². The molecule has 0 atom stereocenters. The van der Waals surface area contributed by atoms with Crippen LogP contribution in [-0.4, -0.2) is 51.5 Å². The number of nitrogens with one attached hydrogen (secondary N) is 1. The Bertz CT molecular complexity index is 602. The first-order valence-corrected chi connectivity index (χ1v) is 9.98. The molecule has 0 aliphatic rings. The van der Waals surface area contributed by atoms with Crippen molar-refractivity contribution in [3.63, 3.8) is 0 Å². The highest BCUT2D eigenvalue weighted by Crippen LogP contribution is 2.10. The van der Waals surface area contributed by atoms with Crippen molar-refractivity contribution >= 4 is 11.9 Å². The first-order chi connectivity index (χ1) is 12.5. The van der Waals surface area contributed by atoms with Crippen LogP contribution < -0.4 is 5.32 Å². The summed E-state index contributed by atoms with van der Waals surface area (Å²) in [5.74, 6) is 0.353. The van der Waals surface area contributed by atoms with Gasteiger partial charge in [0.15, 0.2) is 0 Å². The molecule has 3 amide bonds. The van der Waals surface area contributed by atoms with Crippen molar-refractivity contribution in [3.8, 4) is 0 Å². The fraction of sp³-hybridized carbons (Fsp3) is 0.714. The number of amides is 3. The van der Waals surface area contributed by atoms with Crippen LogP contribution >= 0.6 is 0 Å². The van der Waals surface area contributed by atoms with Gasteiger partial charge in [-0.2, -0.15) is 0 Å². The molecular formula is C21H38N4O2. The number of hydrogen-bond acceptors (Lipinski definition) is 2. The third-order valence-electron chi connectivity index (χ3n) is 4.22. The highest BCUT2D eigenvalue weighted by atomic mass is 16.2. The number of rotatable bonds is 9. The van der Waals surface area contributed by atoms with Crippen molar-refractivity contribution in [1.29, 1.82) is 0 Å². The van der Waals surface area contributed by atoms with Crippen LogP contribution in [0.15, 0.2) is 18.3 Å². The average molecular weight is 379 g/mol. The molecule has 27 heavy (non-hydrogen) atoms. The standard InChI is InChI=1S/C21H38N4O2/c1-8-9-13-24(20(27)22-21(4,5)6)16-19(26)25(14-17(2)3)15-18-11-10-12-23(18)7/h10-12,17H,8-9,13-16H2,1-7H3,(H,22,27). The van der Waals surface area contributed by atoms with Crippen molar-refractivity contribution in [2.45, 2.75) is 66.5 Å². The molecule has 1 rings (SSSR count). The van der Waals surface area contributed by atoms with Crippen molar-refractivity contribution < 1.29 is 9.59 Å². The molecule has 6 nitrogen and oxygen atoms in total. The first-order valence-electron chi connectivity index (χ1n) is 9.98. The van der Waals surface area contributed by atoms with E-state index in [1.165, 1.54) is 0 Å². The molecule has 0 unspecified atom stereocenters. The minimum atomic E-state index is -0.328. The lowest BCUT2D eigenvalue weighted by atomic mass is 10.1. The summed E-state index contributed by atoms with van der Waals surface area (Å²) in [7, 11) is 1.98.